The quantitative estimate of drug-likeness (QED) is 0.364. The first-order chi connectivity index (χ1) is 16.8. The standard InChI is InChI=1S/C31H48O5/c1-19(2)9-8-10-20(27(35)36-7)26-23(33)17-31(6)22-11-12-24-28(3,21(22)13-16-30(26,31)5)15-14-25(34)29(24,4)18-32/h9,11,20-21,23-24,26,32-33H,8,10,12-18H2,1-7H3/t20-,21-,23-,24+,26+,28+,29+,30-,31+/m0/s1. The van der Waals surface area contributed by atoms with Crippen molar-refractivity contribution in [3.05, 3.63) is 23.3 Å². The van der Waals surface area contributed by atoms with Crippen molar-refractivity contribution in [2.45, 2.75) is 99.0 Å². The number of methoxy groups -OCH3 is 1. The molecule has 0 unspecified atom stereocenters. The van der Waals surface area contributed by atoms with Crippen LogP contribution < -0.4 is 0 Å². The van der Waals surface area contributed by atoms with E-state index < -0.39 is 11.5 Å². The average molecular weight is 501 g/mol. The smallest absolute Gasteiger partial charge is 0.309 e. The highest BCUT2D eigenvalue weighted by Gasteiger charge is 2.68. The minimum Gasteiger partial charge on any atom is -0.469 e. The van der Waals surface area contributed by atoms with Crippen LogP contribution in [-0.2, 0) is 14.3 Å². The number of carbonyl (C=O) groups excluding carboxylic acids is 2. The third kappa shape index (κ3) is 3.78. The summed E-state index contributed by atoms with van der Waals surface area (Å²) in [5, 5.41) is 21.9. The van der Waals surface area contributed by atoms with E-state index >= 15 is 0 Å². The molecule has 5 nitrogen and oxygen atoms in total. The van der Waals surface area contributed by atoms with Crippen LogP contribution in [0.4, 0.5) is 0 Å². The van der Waals surface area contributed by atoms with Crippen LogP contribution in [0, 0.1) is 45.3 Å². The molecule has 9 atom stereocenters. The van der Waals surface area contributed by atoms with Crippen LogP contribution >= 0.6 is 0 Å². The van der Waals surface area contributed by atoms with E-state index in [2.05, 4.69) is 46.8 Å². The number of allylic oxidation sites excluding steroid dienone is 4. The zero-order chi connectivity index (χ0) is 26.7. The number of ether oxygens (including phenoxy) is 1. The molecule has 2 N–H and O–H groups in total. The Balaban J connectivity index is 1.73. The lowest BCUT2D eigenvalue weighted by atomic mass is 9.41. The van der Waals surface area contributed by atoms with Crippen LogP contribution in [0.15, 0.2) is 23.3 Å². The lowest BCUT2D eigenvalue weighted by Crippen LogP contribution is -2.59. The third-order valence-electron chi connectivity index (χ3n) is 11.8. The molecule has 4 aliphatic rings. The first-order valence-corrected chi connectivity index (χ1v) is 14.0. The molecule has 0 aromatic carbocycles. The van der Waals surface area contributed by atoms with Crippen molar-refractivity contribution < 1.29 is 24.5 Å². The highest BCUT2D eigenvalue weighted by atomic mass is 16.5. The fraction of sp³-hybridized carbons (Fsp3) is 0.806. The summed E-state index contributed by atoms with van der Waals surface area (Å²) in [6, 6.07) is 0. The summed E-state index contributed by atoms with van der Waals surface area (Å²) >= 11 is 0. The van der Waals surface area contributed by atoms with E-state index in [-0.39, 0.29) is 52.4 Å². The second kappa shape index (κ2) is 9.38. The van der Waals surface area contributed by atoms with E-state index in [1.165, 1.54) is 18.3 Å². The Labute approximate surface area is 217 Å². The summed E-state index contributed by atoms with van der Waals surface area (Å²) in [5.41, 5.74) is 1.50. The topological polar surface area (TPSA) is 83.8 Å². The van der Waals surface area contributed by atoms with Crippen molar-refractivity contribution in [2.24, 2.45) is 45.3 Å². The summed E-state index contributed by atoms with van der Waals surface area (Å²) in [6.07, 6.45) is 10.2. The molecule has 36 heavy (non-hydrogen) atoms. The van der Waals surface area contributed by atoms with Gasteiger partial charge >= 0.3 is 5.97 Å². The normalized spacial score (nSPS) is 44.6. The number of rotatable bonds is 6. The Morgan fingerprint density at radius 3 is 2.53 bits per heavy atom. The summed E-state index contributed by atoms with van der Waals surface area (Å²) < 4.78 is 5.29. The molecule has 0 amide bonds. The third-order valence-corrected chi connectivity index (χ3v) is 11.8. The maximum Gasteiger partial charge on any atom is 0.309 e. The Kier molecular flexibility index (Phi) is 7.18. The Hall–Kier alpha value is -1.46. The lowest BCUT2D eigenvalue weighted by molar-refractivity contribution is -0.156. The summed E-state index contributed by atoms with van der Waals surface area (Å²) in [4.78, 5) is 26.0. The predicted molar refractivity (Wildman–Crippen MR) is 141 cm³/mol. The maximum absolute atomic E-state index is 13.1. The van der Waals surface area contributed by atoms with Crippen molar-refractivity contribution in [1.82, 2.24) is 0 Å². The molecule has 4 aliphatic carbocycles. The van der Waals surface area contributed by atoms with E-state index in [1.54, 1.807) is 0 Å². The van der Waals surface area contributed by atoms with Gasteiger partial charge in [-0.2, -0.15) is 0 Å². The van der Waals surface area contributed by atoms with Gasteiger partial charge in [0.2, 0.25) is 0 Å². The van der Waals surface area contributed by atoms with Gasteiger partial charge < -0.3 is 14.9 Å². The van der Waals surface area contributed by atoms with Crippen molar-refractivity contribution in [3.63, 3.8) is 0 Å². The highest BCUT2D eigenvalue weighted by molar-refractivity contribution is 5.86. The van der Waals surface area contributed by atoms with Gasteiger partial charge in [-0.1, -0.05) is 51.0 Å². The van der Waals surface area contributed by atoms with Gasteiger partial charge in [0.15, 0.2) is 0 Å². The number of esters is 1. The van der Waals surface area contributed by atoms with Crippen molar-refractivity contribution in [3.8, 4) is 0 Å². The minimum absolute atomic E-state index is 0.0476. The molecule has 0 aromatic heterocycles. The molecule has 3 fully saturated rings. The Bertz CT molecular complexity index is 962. The molecule has 0 aromatic rings. The van der Waals surface area contributed by atoms with Crippen LogP contribution in [0.2, 0.25) is 0 Å². The van der Waals surface area contributed by atoms with E-state index in [0.717, 1.165) is 32.1 Å². The molecular weight excluding hydrogens is 452 g/mol. The molecule has 0 bridgehead atoms. The van der Waals surface area contributed by atoms with Crippen LogP contribution in [0.3, 0.4) is 0 Å². The number of hydrogen-bond donors (Lipinski definition) is 2. The molecule has 0 radical (unpaired) electrons. The van der Waals surface area contributed by atoms with Gasteiger partial charge in [-0.05, 0) is 86.9 Å². The maximum atomic E-state index is 13.1. The van der Waals surface area contributed by atoms with Gasteiger partial charge in [-0.3, -0.25) is 9.59 Å². The second-order valence-corrected chi connectivity index (χ2v) is 13.6. The number of aliphatic hydroxyl groups is 2. The first kappa shape index (κ1) is 27.6. The molecule has 0 heterocycles. The number of carbonyl (C=O) groups is 2. The van der Waals surface area contributed by atoms with Gasteiger partial charge in [0.1, 0.15) is 5.78 Å². The van der Waals surface area contributed by atoms with Gasteiger partial charge in [0.05, 0.1) is 31.2 Å². The molecule has 0 spiro atoms. The molecule has 0 saturated heterocycles. The fourth-order valence-corrected chi connectivity index (χ4v) is 9.51. The molecular formula is C31H48O5. The van der Waals surface area contributed by atoms with Crippen molar-refractivity contribution in [2.75, 3.05) is 13.7 Å². The van der Waals surface area contributed by atoms with Crippen molar-refractivity contribution in [1.29, 1.82) is 0 Å². The van der Waals surface area contributed by atoms with Gasteiger partial charge in [-0.25, -0.2) is 0 Å². The molecule has 5 heteroatoms. The van der Waals surface area contributed by atoms with Gasteiger partial charge in [0, 0.05) is 12.3 Å². The van der Waals surface area contributed by atoms with E-state index in [4.69, 9.17) is 4.74 Å². The molecule has 4 rings (SSSR count). The van der Waals surface area contributed by atoms with Crippen LogP contribution in [0.25, 0.3) is 0 Å². The predicted octanol–water partition coefficient (Wildman–Crippen LogP) is 5.64. The largest absolute Gasteiger partial charge is 0.469 e. The van der Waals surface area contributed by atoms with Crippen LogP contribution in [-0.4, -0.2) is 41.8 Å². The molecule has 202 valence electrons. The Morgan fingerprint density at radius 1 is 1.22 bits per heavy atom. The zero-order valence-corrected chi connectivity index (χ0v) is 23.5. The number of fused-ring (bicyclic) bond motifs is 5. The number of ketones is 1. The number of hydrogen-bond acceptors (Lipinski definition) is 5. The van der Waals surface area contributed by atoms with Crippen LogP contribution in [0.5, 0.6) is 0 Å². The molecule has 0 aliphatic heterocycles. The second-order valence-electron chi connectivity index (χ2n) is 13.6. The Morgan fingerprint density at radius 2 is 1.92 bits per heavy atom. The number of Topliss-reactive ketones (excluding diaryl/α,β-unsaturated/α-hetero) is 1. The fourth-order valence-electron chi connectivity index (χ4n) is 9.51. The summed E-state index contributed by atoms with van der Waals surface area (Å²) in [7, 11) is 1.46. The first-order valence-electron chi connectivity index (χ1n) is 14.0. The van der Waals surface area contributed by atoms with E-state index in [0.29, 0.717) is 25.2 Å². The monoisotopic (exact) mass is 500 g/mol. The zero-order valence-electron chi connectivity index (χ0n) is 23.5. The van der Waals surface area contributed by atoms with Gasteiger partial charge in [-0.15, -0.1) is 0 Å². The lowest BCUT2D eigenvalue weighted by Gasteiger charge is -2.63. The van der Waals surface area contributed by atoms with E-state index in [1.807, 2.05) is 6.92 Å². The van der Waals surface area contributed by atoms with E-state index in [9.17, 15) is 19.8 Å². The van der Waals surface area contributed by atoms with Gasteiger partial charge in [0.25, 0.3) is 0 Å². The molecule has 3 saturated carbocycles. The number of aliphatic hydroxyl groups excluding tert-OH is 2. The minimum atomic E-state index is -0.685. The van der Waals surface area contributed by atoms with Crippen LogP contribution in [0.1, 0.15) is 92.9 Å². The SMILES string of the molecule is COC(=O)[C@@H](CCC=C(C)C)[C@@H]1[C@@H](O)C[C@]2(C)C3=CC[C@@H]4[C@](C)(CCC(=O)[C@]4(C)CO)[C@H]3CC[C@@]12C. The summed E-state index contributed by atoms with van der Waals surface area (Å²) in [6.45, 7) is 13.0. The highest BCUT2D eigenvalue weighted by Crippen LogP contribution is 2.73. The van der Waals surface area contributed by atoms with Crippen molar-refractivity contribution >= 4 is 11.8 Å². The summed E-state index contributed by atoms with van der Waals surface area (Å²) in [5.74, 6) is -0.0220. The average Bonchev–Trinajstić information content (AvgIpc) is 3.04.